The van der Waals surface area contributed by atoms with Gasteiger partial charge in [-0.3, -0.25) is 4.79 Å². The normalized spacial score (nSPS) is 19.4. The Hall–Kier alpha value is -0.570. The molecule has 0 aromatic rings. The molecule has 1 aliphatic carbocycles. The summed E-state index contributed by atoms with van der Waals surface area (Å²) >= 11 is 0. The summed E-state index contributed by atoms with van der Waals surface area (Å²) in [6.45, 7) is 5.07. The third-order valence-electron chi connectivity index (χ3n) is 3.98. The molecule has 0 saturated heterocycles. The first-order valence-electron chi connectivity index (χ1n) is 7.03. The molecule has 17 heavy (non-hydrogen) atoms. The van der Waals surface area contributed by atoms with Gasteiger partial charge in [0, 0.05) is 25.6 Å². The number of rotatable bonds is 5. The number of nitrogens with two attached hydrogens (primary N) is 1. The lowest BCUT2D eigenvalue weighted by Gasteiger charge is -2.27. The van der Waals surface area contributed by atoms with Crippen LogP contribution in [0, 0.1) is 11.8 Å². The number of hydrogen-bond acceptors (Lipinski definition) is 2. The van der Waals surface area contributed by atoms with Crippen LogP contribution >= 0.6 is 0 Å². The van der Waals surface area contributed by atoms with E-state index in [0.717, 1.165) is 25.8 Å². The third kappa shape index (κ3) is 4.66. The van der Waals surface area contributed by atoms with E-state index in [9.17, 15) is 4.79 Å². The van der Waals surface area contributed by atoms with E-state index < -0.39 is 0 Å². The van der Waals surface area contributed by atoms with Crippen LogP contribution in [0.4, 0.5) is 0 Å². The largest absolute Gasteiger partial charge is 0.345 e. The molecule has 1 atom stereocenters. The maximum absolute atomic E-state index is 12.2. The molecule has 0 aliphatic heterocycles. The topological polar surface area (TPSA) is 46.3 Å². The van der Waals surface area contributed by atoms with Crippen molar-refractivity contribution in [2.24, 2.45) is 17.6 Å². The maximum Gasteiger partial charge on any atom is 0.225 e. The molecular weight excluding hydrogens is 212 g/mol. The fraction of sp³-hybridized carbons (Fsp3) is 0.929. The Labute approximate surface area is 106 Å². The molecule has 2 N–H and O–H groups in total. The minimum Gasteiger partial charge on any atom is -0.345 e. The van der Waals surface area contributed by atoms with Crippen LogP contribution < -0.4 is 5.73 Å². The van der Waals surface area contributed by atoms with E-state index in [4.69, 9.17) is 5.73 Å². The fourth-order valence-corrected chi connectivity index (χ4v) is 2.45. The molecule has 1 unspecified atom stereocenters. The third-order valence-corrected chi connectivity index (χ3v) is 3.98. The van der Waals surface area contributed by atoms with Crippen molar-refractivity contribution in [2.75, 3.05) is 13.6 Å². The van der Waals surface area contributed by atoms with Gasteiger partial charge in [-0.25, -0.2) is 0 Å². The smallest absolute Gasteiger partial charge is 0.225 e. The van der Waals surface area contributed by atoms with Crippen LogP contribution in [0.25, 0.3) is 0 Å². The summed E-state index contributed by atoms with van der Waals surface area (Å²) < 4.78 is 0. The Balaban J connectivity index is 2.30. The Kier molecular flexibility index (Phi) is 5.96. The number of hydrogen-bond donors (Lipinski definition) is 1. The fourth-order valence-electron chi connectivity index (χ4n) is 2.45. The quantitative estimate of drug-likeness (QED) is 0.802. The van der Waals surface area contributed by atoms with Crippen LogP contribution in [0.15, 0.2) is 0 Å². The van der Waals surface area contributed by atoms with Crippen LogP contribution in [0.2, 0.25) is 0 Å². The molecule has 3 nitrogen and oxygen atoms in total. The molecular formula is C14H28N2O. The SMILES string of the molecule is CC(C)C(N)CCN(C)C(=O)C1CCCCC1. The van der Waals surface area contributed by atoms with Gasteiger partial charge in [-0.15, -0.1) is 0 Å². The van der Waals surface area contributed by atoms with Crippen molar-refractivity contribution in [1.29, 1.82) is 0 Å². The zero-order chi connectivity index (χ0) is 12.8. The van der Waals surface area contributed by atoms with E-state index >= 15 is 0 Å². The van der Waals surface area contributed by atoms with Crippen LogP contribution in [-0.2, 0) is 4.79 Å². The lowest BCUT2D eigenvalue weighted by atomic mass is 9.88. The summed E-state index contributed by atoms with van der Waals surface area (Å²) in [6, 6.07) is 0.205. The molecule has 0 aromatic carbocycles. The van der Waals surface area contributed by atoms with E-state index in [1.54, 1.807) is 0 Å². The van der Waals surface area contributed by atoms with Crippen molar-refractivity contribution >= 4 is 5.91 Å². The molecule has 1 saturated carbocycles. The van der Waals surface area contributed by atoms with E-state index in [0.29, 0.717) is 11.8 Å². The second-order valence-electron chi connectivity index (χ2n) is 5.79. The highest BCUT2D eigenvalue weighted by atomic mass is 16.2. The number of carbonyl (C=O) groups excluding carboxylic acids is 1. The molecule has 0 bridgehead atoms. The van der Waals surface area contributed by atoms with Gasteiger partial charge in [-0.2, -0.15) is 0 Å². The molecule has 0 spiro atoms. The summed E-state index contributed by atoms with van der Waals surface area (Å²) in [5.41, 5.74) is 6.01. The summed E-state index contributed by atoms with van der Waals surface area (Å²) in [5.74, 6) is 1.11. The second kappa shape index (κ2) is 7.00. The molecule has 0 radical (unpaired) electrons. The van der Waals surface area contributed by atoms with Crippen LogP contribution in [0.3, 0.4) is 0 Å². The average Bonchev–Trinajstić information content (AvgIpc) is 2.35. The summed E-state index contributed by atoms with van der Waals surface area (Å²) in [5, 5.41) is 0. The van der Waals surface area contributed by atoms with Crippen molar-refractivity contribution in [3.05, 3.63) is 0 Å². The first-order chi connectivity index (χ1) is 8.02. The lowest BCUT2D eigenvalue weighted by molar-refractivity contribution is -0.135. The van der Waals surface area contributed by atoms with Crippen molar-refractivity contribution in [3.8, 4) is 0 Å². The Morgan fingerprint density at radius 1 is 1.29 bits per heavy atom. The van der Waals surface area contributed by atoms with Gasteiger partial charge < -0.3 is 10.6 Å². The Morgan fingerprint density at radius 3 is 2.41 bits per heavy atom. The first kappa shape index (κ1) is 14.5. The van der Waals surface area contributed by atoms with E-state index in [2.05, 4.69) is 13.8 Å². The molecule has 100 valence electrons. The Morgan fingerprint density at radius 2 is 1.88 bits per heavy atom. The van der Waals surface area contributed by atoms with Crippen LogP contribution in [-0.4, -0.2) is 30.4 Å². The van der Waals surface area contributed by atoms with Crippen molar-refractivity contribution < 1.29 is 4.79 Å². The monoisotopic (exact) mass is 240 g/mol. The van der Waals surface area contributed by atoms with Gasteiger partial charge in [0.25, 0.3) is 0 Å². The van der Waals surface area contributed by atoms with E-state index in [-0.39, 0.29) is 12.0 Å². The minimum absolute atomic E-state index is 0.205. The van der Waals surface area contributed by atoms with Crippen LogP contribution in [0.1, 0.15) is 52.4 Å². The summed E-state index contributed by atoms with van der Waals surface area (Å²) in [4.78, 5) is 14.1. The molecule has 1 rings (SSSR count). The molecule has 1 amide bonds. The second-order valence-corrected chi connectivity index (χ2v) is 5.79. The van der Waals surface area contributed by atoms with Crippen LogP contribution in [0.5, 0.6) is 0 Å². The molecule has 1 fully saturated rings. The Bertz CT molecular complexity index is 234. The number of nitrogens with zero attached hydrogens (tertiary/aromatic N) is 1. The zero-order valence-electron chi connectivity index (χ0n) is 11.6. The highest BCUT2D eigenvalue weighted by Gasteiger charge is 2.24. The van der Waals surface area contributed by atoms with Gasteiger partial charge in [0.15, 0.2) is 0 Å². The molecule has 3 heteroatoms. The zero-order valence-corrected chi connectivity index (χ0v) is 11.6. The molecule has 1 aliphatic rings. The van der Waals surface area contributed by atoms with E-state index in [1.165, 1.54) is 19.3 Å². The molecule has 0 heterocycles. The van der Waals surface area contributed by atoms with Crippen molar-refractivity contribution in [1.82, 2.24) is 4.90 Å². The maximum atomic E-state index is 12.2. The van der Waals surface area contributed by atoms with Gasteiger partial charge >= 0.3 is 0 Å². The first-order valence-corrected chi connectivity index (χ1v) is 7.03. The number of amides is 1. The summed E-state index contributed by atoms with van der Waals surface area (Å²) in [7, 11) is 1.92. The van der Waals surface area contributed by atoms with Gasteiger partial charge in [-0.05, 0) is 25.2 Å². The minimum atomic E-state index is 0.205. The predicted molar refractivity (Wildman–Crippen MR) is 71.6 cm³/mol. The van der Waals surface area contributed by atoms with Gasteiger partial charge in [0.05, 0.1) is 0 Å². The average molecular weight is 240 g/mol. The highest BCUT2D eigenvalue weighted by molar-refractivity contribution is 5.78. The van der Waals surface area contributed by atoms with Gasteiger partial charge in [0.1, 0.15) is 0 Å². The predicted octanol–water partition coefficient (Wildman–Crippen LogP) is 2.40. The van der Waals surface area contributed by atoms with Crippen molar-refractivity contribution in [2.45, 2.75) is 58.4 Å². The highest BCUT2D eigenvalue weighted by Crippen LogP contribution is 2.25. The standard InChI is InChI=1S/C14H28N2O/c1-11(2)13(15)9-10-16(3)14(17)12-7-5-4-6-8-12/h11-13H,4-10,15H2,1-3H3. The lowest BCUT2D eigenvalue weighted by Crippen LogP contribution is -2.38. The van der Waals surface area contributed by atoms with Crippen molar-refractivity contribution in [3.63, 3.8) is 0 Å². The number of carbonyl (C=O) groups is 1. The molecule has 0 aromatic heterocycles. The summed E-state index contributed by atoms with van der Waals surface area (Å²) in [6.07, 6.45) is 6.81. The van der Waals surface area contributed by atoms with Gasteiger partial charge in [0.2, 0.25) is 5.91 Å². The van der Waals surface area contributed by atoms with E-state index in [1.807, 2.05) is 11.9 Å². The van der Waals surface area contributed by atoms with Gasteiger partial charge in [-0.1, -0.05) is 33.1 Å².